The van der Waals surface area contributed by atoms with Gasteiger partial charge in [-0.05, 0) is 50.1 Å². The van der Waals surface area contributed by atoms with E-state index in [0.717, 1.165) is 18.9 Å². The molecule has 0 aliphatic rings. The molecule has 0 atom stereocenters. The van der Waals surface area contributed by atoms with Crippen LogP contribution in [0.15, 0.2) is 0 Å². The number of rotatable bonds is 18. The van der Waals surface area contributed by atoms with Gasteiger partial charge in [0.2, 0.25) is 0 Å². The summed E-state index contributed by atoms with van der Waals surface area (Å²) < 4.78 is 363. The van der Waals surface area contributed by atoms with Gasteiger partial charge in [0, 0.05) is 21.0 Å². The van der Waals surface area contributed by atoms with Crippen molar-refractivity contribution in [2.24, 2.45) is 0 Å². The maximum Gasteiger partial charge on any atom is 0.522 e. The zero-order valence-electron chi connectivity index (χ0n) is 42.3. The molecule has 0 saturated carbocycles. The third kappa shape index (κ3) is 265. The lowest BCUT2D eigenvalue weighted by Gasteiger charge is -2.04. The summed E-state index contributed by atoms with van der Waals surface area (Å²) in [5.74, 6) is -0.937. The fraction of sp³-hybridized carbons (Fsp3) is 0.800. The molecule has 0 rings (SSSR count). The molecule has 0 bridgehead atoms. The first kappa shape index (κ1) is 107. The molecule has 514 valence electrons. The number of carbonyl (C=O) groups is 7. The minimum atomic E-state index is -4.62. The first-order valence-electron chi connectivity index (χ1n) is 19.8. The summed E-state index contributed by atoms with van der Waals surface area (Å²) in [5, 5.41) is 6.75. The normalized spacial score (nSPS) is 10.2. The van der Waals surface area contributed by atoms with E-state index < -0.39 is 160 Å². The Bertz CT molecular complexity index is 1290. The predicted octanol–water partition coefficient (Wildman–Crippen LogP) is 16.3. The van der Waals surface area contributed by atoms with Gasteiger partial charge in [-0.15, -0.1) is 110 Å². The average molecular weight is 1360 g/mol. The molecule has 0 heterocycles. The Morgan fingerprint density at radius 3 is 0.548 bits per heavy atom. The van der Waals surface area contributed by atoms with Crippen molar-refractivity contribution in [2.45, 2.75) is 83.6 Å². The number of hydrogen-bond donors (Lipinski definition) is 1. The van der Waals surface area contributed by atoms with Gasteiger partial charge in [-0.1, -0.05) is 0 Å². The van der Waals surface area contributed by atoms with Crippen LogP contribution < -0.4 is 0 Å². The van der Waals surface area contributed by atoms with E-state index in [1.807, 2.05) is 0 Å². The topological polar surface area (TPSA) is 217 Å². The van der Waals surface area contributed by atoms with Crippen LogP contribution in [-0.4, -0.2) is 192 Å². The van der Waals surface area contributed by atoms with E-state index in [4.69, 9.17) is 29.1 Å². The highest BCUT2D eigenvalue weighted by molar-refractivity contribution is 6.60. The van der Waals surface area contributed by atoms with Crippen molar-refractivity contribution < 1.29 is 213 Å². The first-order chi connectivity index (χ1) is 37.6. The lowest BCUT2D eigenvalue weighted by atomic mass is 10.5. The first-order valence-corrected chi connectivity index (χ1v) is 20.1. The van der Waals surface area contributed by atoms with Crippen LogP contribution in [0.4, 0.5) is 165 Å². The highest BCUT2D eigenvalue weighted by Gasteiger charge is 2.31. The number of carboxylic acid groups (broad SMARTS) is 1. The Hall–Kier alpha value is -5.23. The van der Waals surface area contributed by atoms with Gasteiger partial charge in [0.1, 0.15) is 0 Å². The molecule has 0 spiro atoms. The Morgan fingerprint density at radius 1 is 0.393 bits per heavy atom. The van der Waals surface area contributed by atoms with Crippen LogP contribution >= 0.6 is 11.6 Å². The largest absolute Gasteiger partial charge is 0.522 e. The molecule has 0 unspecified atom stereocenters. The summed E-state index contributed by atoms with van der Waals surface area (Å²) in [7, 11) is 3.67. The van der Waals surface area contributed by atoms with Crippen LogP contribution in [0.3, 0.4) is 0 Å². The highest BCUT2D eigenvalue weighted by atomic mass is 35.5. The van der Waals surface area contributed by atoms with Crippen molar-refractivity contribution in [2.75, 3.05) is 101 Å². The molecule has 0 radical (unpaired) electrons. The maximum atomic E-state index is 11.1. The number of carbonyl (C=O) groups excluding carboxylic acids is 6. The summed E-state index contributed by atoms with van der Waals surface area (Å²) >= 11 is 3.97. The number of halogens is 32. The van der Waals surface area contributed by atoms with Crippen molar-refractivity contribution in [1.82, 2.24) is 4.90 Å². The molecular formula is C35H49ClF31NO16. The zero-order valence-corrected chi connectivity index (χ0v) is 43.1. The molecule has 49 heteroatoms. The Morgan fingerprint density at radius 2 is 0.512 bits per heavy atom. The standard InChI is InChI=1S/6C4H6F4O.C3H6FNO.C3H3FO3.C2H3FO2.CClFO.CF2O.CHFO2/c6*5-2-1-3-9-4(6,7)8;1-5(2)3(4)6;1-2(5)7-3(4)6;1-5-2(3)4;3*2-1(3)4/h6*1-3H2;1-2H3;1H3;1H3;;;(H,3,4). The second-order valence-corrected chi connectivity index (χ2v) is 11.4. The Kier molecular flexibility index (Phi) is 89.4. The molecule has 0 aromatic carbocycles. The molecule has 0 aliphatic heterocycles. The van der Waals surface area contributed by atoms with Crippen molar-refractivity contribution >= 4 is 54.2 Å². The SMILES string of the molecule is CC(=O)OC(=O)F.CN(C)C(=O)F.COC(=O)F.FCCCOC(F)(F)F.FCCCOC(F)(F)F.FCCCOC(F)(F)F.FCCCOC(F)(F)F.FCCCOC(F)(F)F.FCCCOC(F)(F)F.O=C(F)Cl.O=C(F)F.O=C(O)F. The third-order valence-electron chi connectivity index (χ3n) is 4.00. The molecule has 0 fully saturated rings. The maximum absolute atomic E-state index is 11.1. The lowest BCUT2D eigenvalue weighted by Crippen LogP contribution is -2.14. The average Bonchev–Trinajstić information content (AvgIpc) is 3.25. The van der Waals surface area contributed by atoms with E-state index in [1.165, 1.54) is 14.1 Å². The third-order valence-corrected chi connectivity index (χ3v) is 4.00. The van der Waals surface area contributed by atoms with E-state index >= 15 is 0 Å². The second-order valence-electron chi connectivity index (χ2n) is 11.1. The van der Waals surface area contributed by atoms with Crippen LogP contribution in [0.25, 0.3) is 0 Å². The van der Waals surface area contributed by atoms with Gasteiger partial charge in [-0.3, -0.25) is 59.6 Å². The Balaban J connectivity index is -0.0000000681. The number of amides is 1. The number of methoxy groups -OCH3 is 1. The summed E-state index contributed by atoms with van der Waals surface area (Å²) in [6.07, 6.45) is -39.3. The number of alkyl halides is 24. The van der Waals surface area contributed by atoms with Gasteiger partial charge in [0.05, 0.1) is 86.8 Å². The molecule has 0 saturated heterocycles. The van der Waals surface area contributed by atoms with Crippen molar-refractivity contribution in [3.63, 3.8) is 0 Å². The summed E-state index contributed by atoms with van der Waals surface area (Å²) in [5.41, 5.74) is -1.86. The zero-order chi connectivity index (χ0) is 70.0. The predicted molar refractivity (Wildman–Crippen MR) is 217 cm³/mol. The fourth-order valence-corrected chi connectivity index (χ4v) is 1.57. The molecule has 0 aliphatic carbocycles. The van der Waals surface area contributed by atoms with Gasteiger partial charge in [-0.25, -0.2) is 28.8 Å². The van der Waals surface area contributed by atoms with E-state index in [2.05, 4.69) is 49.5 Å². The second kappa shape index (κ2) is 70.3. The lowest BCUT2D eigenvalue weighted by molar-refractivity contribution is -0.325. The van der Waals surface area contributed by atoms with Crippen LogP contribution in [0.5, 0.6) is 0 Å². The molecule has 84 heavy (non-hydrogen) atoms. The quantitative estimate of drug-likeness (QED) is 0.0337. The minimum absolute atomic E-state index is 0.209. The summed E-state index contributed by atoms with van der Waals surface area (Å²) in [4.78, 5) is 62.9. The van der Waals surface area contributed by atoms with Gasteiger partial charge in [0.15, 0.2) is 0 Å². The van der Waals surface area contributed by atoms with Crippen molar-refractivity contribution in [1.29, 1.82) is 0 Å². The van der Waals surface area contributed by atoms with E-state index in [0.29, 0.717) is 0 Å². The van der Waals surface area contributed by atoms with Gasteiger partial charge in [-0.2, -0.15) is 0 Å². The molecule has 0 aromatic rings. The summed E-state index contributed by atoms with van der Waals surface area (Å²) in [6.45, 7) is -7.33. The van der Waals surface area contributed by atoms with E-state index in [1.54, 1.807) is 0 Å². The van der Waals surface area contributed by atoms with E-state index in [9.17, 15) is 146 Å². The minimum Gasteiger partial charge on any atom is -0.456 e. The van der Waals surface area contributed by atoms with Gasteiger partial charge < -0.3 is 19.5 Å². The molecule has 17 nitrogen and oxygen atoms in total. The van der Waals surface area contributed by atoms with Crippen LogP contribution in [0, 0.1) is 0 Å². The molecule has 1 amide bonds. The Labute approximate surface area is 456 Å². The fourth-order valence-electron chi connectivity index (χ4n) is 1.57. The van der Waals surface area contributed by atoms with E-state index in [-0.39, 0.29) is 38.5 Å². The number of esters is 1. The van der Waals surface area contributed by atoms with Crippen LogP contribution in [0.1, 0.15) is 45.4 Å². The number of ether oxygens (including phenoxy) is 8. The smallest absolute Gasteiger partial charge is 0.456 e. The van der Waals surface area contributed by atoms with Crippen LogP contribution in [-0.2, 0) is 42.7 Å². The highest BCUT2D eigenvalue weighted by Crippen LogP contribution is 2.19. The molecule has 1 N–H and O–H groups in total. The van der Waals surface area contributed by atoms with Crippen molar-refractivity contribution in [3.8, 4) is 0 Å². The molecular weight excluding hydrogens is 1310 g/mol. The van der Waals surface area contributed by atoms with Gasteiger partial charge >= 0.3 is 80.8 Å². The molecule has 0 aromatic heterocycles. The van der Waals surface area contributed by atoms with Crippen molar-refractivity contribution in [3.05, 3.63) is 0 Å². The van der Waals surface area contributed by atoms with Crippen LogP contribution in [0.2, 0.25) is 0 Å². The number of hydrogen-bond acceptors (Lipinski definition) is 15. The monoisotopic (exact) mass is 1360 g/mol. The number of nitrogens with zero attached hydrogens (tertiary/aromatic N) is 1. The van der Waals surface area contributed by atoms with Gasteiger partial charge in [0.25, 0.3) is 0 Å². The summed E-state index contributed by atoms with van der Waals surface area (Å²) in [6, 6.07) is 0.